The van der Waals surface area contributed by atoms with Crippen molar-refractivity contribution in [2.24, 2.45) is 0 Å². The quantitative estimate of drug-likeness (QED) is 0.714. The molecule has 0 saturated carbocycles. The Balaban J connectivity index is 1.64. The van der Waals surface area contributed by atoms with Crippen LogP contribution in [0.2, 0.25) is 0 Å². The molecule has 0 bridgehead atoms. The number of hydrogen-bond acceptors (Lipinski definition) is 5. The van der Waals surface area contributed by atoms with Gasteiger partial charge in [-0.1, -0.05) is 23.5 Å². The van der Waals surface area contributed by atoms with Gasteiger partial charge in [-0.25, -0.2) is 4.98 Å². The zero-order chi connectivity index (χ0) is 16.2. The van der Waals surface area contributed by atoms with Gasteiger partial charge in [0.15, 0.2) is 10.2 Å². The predicted molar refractivity (Wildman–Crippen MR) is 96.3 cm³/mol. The number of methoxy groups -OCH3 is 1. The molecule has 1 amide bonds. The molecule has 23 heavy (non-hydrogen) atoms. The van der Waals surface area contributed by atoms with Crippen molar-refractivity contribution in [3.8, 4) is 5.75 Å². The van der Waals surface area contributed by atoms with Gasteiger partial charge in [0.05, 0.1) is 17.3 Å². The number of amides is 1. The average molecular weight is 343 g/mol. The number of anilines is 1. The monoisotopic (exact) mass is 343 g/mol. The average Bonchev–Trinajstić information content (AvgIpc) is 2.96. The molecule has 5 nitrogen and oxygen atoms in total. The lowest BCUT2D eigenvalue weighted by molar-refractivity contribution is 0.0977. The predicted octanol–water partition coefficient (Wildman–Crippen LogP) is 3.43. The Morgan fingerprint density at radius 2 is 1.91 bits per heavy atom. The van der Waals surface area contributed by atoms with Crippen molar-refractivity contribution in [1.82, 2.24) is 10.3 Å². The molecule has 0 spiro atoms. The minimum Gasteiger partial charge on any atom is -0.497 e. The third-order valence-electron chi connectivity index (χ3n) is 3.09. The van der Waals surface area contributed by atoms with Gasteiger partial charge < -0.3 is 10.1 Å². The van der Waals surface area contributed by atoms with Gasteiger partial charge in [-0.3, -0.25) is 10.1 Å². The molecule has 0 aliphatic heterocycles. The molecule has 0 aliphatic carbocycles. The normalized spacial score (nSPS) is 10.3. The maximum Gasteiger partial charge on any atom is 0.257 e. The third-order valence-corrected chi connectivity index (χ3v) is 4.25. The van der Waals surface area contributed by atoms with E-state index < -0.39 is 0 Å². The number of thiazole rings is 1. The van der Waals surface area contributed by atoms with Gasteiger partial charge >= 0.3 is 0 Å². The summed E-state index contributed by atoms with van der Waals surface area (Å²) in [6.07, 6.45) is 0. The number of hydrogen-bond donors (Lipinski definition) is 2. The molecule has 0 unspecified atom stereocenters. The largest absolute Gasteiger partial charge is 0.497 e. The summed E-state index contributed by atoms with van der Waals surface area (Å²) in [5.74, 6) is 0.406. The number of para-hydroxylation sites is 1. The molecule has 0 saturated heterocycles. The van der Waals surface area contributed by atoms with Crippen LogP contribution in [0.3, 0.4) is 0 Å². The maximum absolute atomic E-state index is 12.1. The lowest BCUT2D eigenvalue weighted by atomic mass is 10.2. The summed E-state index contributed by atoms with van der Waals surface area (Å²) < 4.78 is 6.12. The smallest absolute Gasteiger partial charge is 0.257 e. The summed E-state index contributed by atoms with van der Waals surface area (Å²) >= 11 is 6.64. The van der Waals surface area contributed by atoms with Crippen molar-refractivity contribution >= 4 is 49.9 Å². The standard InChI is InChI=1S/C16H13N3O2S2/c1-21-11-8-6-10(7-9-11)14(20)18-15(22)19-16-17-12-4-2-3-5-13(12)23-16/h2-9H,1H3,(H2,17,18,19,20,22). The second-order valence-corrected chi connectivity index (χ2v) is 6.06. The zero-order valence-electron chi connectivity index (χ0n) is 12.2. The molecule has 0 aliphatic rings. The van der Waals surface area contributed by atoms with Crippen LogP contribution in [0.5, 0.6) is 5.75 Å². The number of nitrogens with one attached hydrogen (secondary N) is 2. The topological polar surface area (TPSA) is 63.2 Å². The van der Waals surface area contributed by atoms with Crippen LogP contribution in [0.4, 0.5) is 5.13 Å². The highest BCUT2D eigenvalue weighted by Gasteiger charge is 2.10. The Labute approximate surface area is 142 Å². The van der Waals surface area contributed by atoms with E-state index in [1.807, 2.05) is 24.3 Å². The van der Waals surface area contributed by atoms with Gasteiger partial charge in [0.1, 0.15) is 5.75 Å². The Kier molecular flexibility index (Phi) is 4.50. The van der Waals surface area contributed by atoms with Gasteiger partial charge in [-0.05, 0) is 48.6 Å². The summed E-state index contributed by atoms with van der Waals surface area (Å²) in [4.78, 5) is 16.5. The first kappa shape index (κ1) is 15.4. The van der Waals surface area contributed by atoms with Gasteiger partial charge in [0.25, 0.3) is 5.91 Å². The van der Waals surface area contributed by atoms with E-state index in [4.69, 9.17) is 17.0 Å². The van der Waals surface area contributed by atoms with Crippen LogP contribution >= 0.6 is 23.6 Å². The first-order chi connectivity index (χ1) is 11.2. The molecule has 116 valence electrons. The Bertz CT molecular complexity index is 826. The maximum atomic E-state index is 12.1. The summed E-state index contributed by atoms with van der Waals surface area (Å²) in [6.45, 7) is 0. The number of carbonyl (C=O) groups is 1. The van der Waals surface area contributed by atoms with Crippen molar-refractivity contribution in [2.75, 3.05) is 12.4 Å². The van der Waals surface area contributed by atoms with Crippen LogP contribution in [0.25, 0.3) is 10.2 Å². The van der Waals surface area contributed by atoms with Crippen LogP contribution in [0, 0.1) is 0 Å². The van der Waals surface area contributed by atoms with Crippen molar-refractivity contribution < 1.29 is 9.53 Å². The summed E-state index contributed by atoms with van der Waals surface area (Å²) in [7, 11) is 1.58. The molecular weight excluding hydrogens is 330 g/mol. The number of thiocarbonyl (C=S) groups is 1. The van der Waals surface area contributed by atoms with E-state index in [9.17, 15) is 4.79 Å². The Hall–Kier alpha value is -2.51. The molecule has 3 aromatic rings. The third kappa shape index (κ3) is 3.64. The molecule has 2 aromatic carbocycles. The lowest BCUT2D eigenvalue weighted by Gasteiger charge is -2.07. The Morgan fingerprint density at radius 1 is 1.17 bits per heavy atom. The molecule has 0 atom stereocenters. The highest BCUT2D eigenvalue weighted by Crippen LogP contribution is 2.25. The number of benzene rings is 2. The minimum absolute atomic E-state index is 0.213. The van der Waals surface area contributed by atoms with E-state index in [2.05, 4.69) is 15.6 Å². The van der Waals surface area contributed by atoms with E-state index in [1.54, 1.807) is 31.4 Å². The zero-order valence-corrected chi connectivity index (χ0v) is 13.8. The van der Waals surface area contributed by atoms with Gasteiger partial charge in [-0.2, -0.15) is 0 Å². The highest BCUT2D eigenvalue weighted by atomic mass is 32.1. The minimum atomic E-state index is -0.286. The number of rotatable bonds is 3. The fraction of sp³-hybridized carbons (Fsp3) is 0.0625. The summed E-state index contributed by atoms with van der Waals surface area (Å²) in [5, 5.41) is 6.43. The molecule has 3 rings (SSSR count). The molecular formula is C16H13N3O2S2. The van der Waals surface area contributed by atoms with Crippen LogP contribution in [0.1, 0.15) is 10.4 Å². The molecule has 1 heterocycles. The van der Waals surface area contributed by atoms with E-state index in [1.165, 1.54) is 11.3 Å². The van der Waals surface area contributed by atoms with Crippen molar-refractivity contribution in [1.29, 1.82) is 0 Å². The van der Waals surface area contributed by atoms with Crippen LogP contribution < -0.4 is 15.4 Å². The second kappa shape index (κ2) is 6.72. The molecule has 7 heteroatoms. The van der Waals surface area contributed by atoms with Gasteiger partial charge in [0.2, 0.25) is 0 Å². The van der Waals surface area contributed by atoms with E-state index in [-0.39, 0.29) is 11.0 Å². The van der Waals surface area contributed by atoms with Crippen LogP contribution in [0.15, 0.2) is 48.5 Å². The number of carbonyl (C=O) groups excluding carboxylic acids is 1. The number of fused-ring (bicyclic) bond motifs is 1. The SMILES string of the molecule is COc1ccc(C(=O)NC(=S)Nc2nc3ccccc3s2)cc1. The van der Waals surface area contributed by atoms with Crippen molar-refractivity contribution in [3.05, 3.63) is 54.1 Å². The summed E-state index contributed by atoms with van der Waals surface area (Å²) in [6, 6.07) is 14.6. The first-order valence-corrected chi connectivity index (χ1v) is 8.00. The van der Waals surface area contributed by atoms with Gasteiger partial charge in [-0.15, -0.1) is 0 Å². The highest BCUT2D eigenvalue weighted by molar-refractivity contribution is 7.80. The molecule has 0 fully saturated rings. The van der Waals surface area contributed by atoms with Gasteiger partial charge in [0, 0.05) is 5.56 Å². The number of nitrogens with zero attached hydrogens (tertiary/aromatic N) is 1. The molecule has 1 aromatic heterocycles. The van der Waals surface area contributed by atoms with Crippen molar-refractivity contribution in [3.63, 3.8) is 0 Å². The van der Waals surface area contributed by atoms with E-state index in [0.717, 1.165) is 10.2 Å². The fourth-order valence-corrected chi connectivity index (χ4v) is 3.10. The number of aromatic nitrogens is 1. The molecule has 0 radical (unpaired) electrons. The van der Waals surface area contributed by atoms with E-state index >= 15 is 0 Å². The van der Waals surface area contributed by atoms with Crippen LogP contribution in [-0.2, 0) is 0 Å². The van der Waals surface area contributed by atoms with Crippen molar-refractivity contribution in [2.45, 2.75) is 0 Å². The Morgan fingerprint density at radius 3 is 2.61 bits per heavy atom. The molecule has 2 N–H and O–H groups in total. The fourth-order valence-electron chi connectivity index (χ4n) is 1.97. The first-order valence-electron chi connectivity index (χ1n) is 6.77. The lowest BCUT2D eigenvalue weighted by Crippen LogP contribution is -2.34. The number of ether oxygens (including phenoxy) is 1. The van der Waals surface area contributed by atoms with Crippen LogP contribution in [-0.4, -0.2) is 23.1 Å². The summed E-state index contributed by atoms with van der Waals surface area (Å²) in [5.41, 5.74) is 1.39. The second-order valence-electron chi connectivity index (χ2n) is 4.62. The van der Waals surface area contributed by atoms with E-state index in [0.29, 0.717) is 16.4 Å².